The highest BCUT2D eigenvalue weighted by Gasteiger charge is 2.10. The fraction of sp³-hybridized carbons (Fsp3) is 0.176. The molecule has 1 atom stereocenters. The largest absolute Gasteiger partial charge is 0.377 e. The first kappa shape index (κ1) is 13.7. The van der Waals surface area contributed by atoms with Gasteiger partial charge in [-0.1, -0.05) is 24.3 Å². The predicted molar refractivity (Wildman–Crippen MR) is 92.7 cm³/mol. The normalized spacial score (nSPS) is 12.6. The molecular formula is C17H16BrNS. The molecule has 0 aliphatic carbocycles. The van der Waals surface area contributed by atoms with E-state index in [4.69, 9.17) is 0 Å². The summed E-state index contributed by atoms with van der Waals surface area (Å²) in [4.78, 5) is 1.36. The van der Waals surface area contributed by atoms with Crippen molar-refractivity contribution in [2.75, 3.05) is 5.32 Å². The van der Waals surface area contributed by atoms with Crippen LogP contribution in [0, 0.1) is 6.92 Å². The van der Waals surface area contributed by atoms with Crippen LogP contribution in [0.2, 0.25) is 0 Å². The molecule has 0 bridgehead atoms. The summed E-state index contributed by atoms with van der Waals surface area (Å²) in [6, 6.07) is 17.5. The van der Waals surface area contributed by atoms with Crippen molar-refractivity contribution in [3.63, 3.8) is 0 Å². The van der Waals surface area contributed by atoms with Gasteiger partial charge in [-0.2, -0.15) is 0 Å². The van der Waals surface area contributed by atoms with Crippen molar-refractivity contribution < 1.29 is 0 Å². The average molecular weight is 346 g/mol. The van der Waals surface area contributed by atoms with Crippen LogP contribution in [0.25, 0.3) is 10.1 Å². The van der Waals surface area contributed by atoms with Crippen molar-refractivity contribution in [2.24, 2.45) is 0 Å². The maximum Gasteiger partial charge on any atom is 0.0579 e. The van der Waals surface area contributed by atoms with E-state index in [-0.39, 0.29) is 0 Å². The van der Waals surface area contributed by atoms with E-state index in [0.717, 1.165) is 10.2 Å². The van der Waals surface area contributed by atoms with E-state index in [0.29, 0.717) is 6.04 Å². The molecule has 3 heteroatoms. The Morgan fingerprint density at radius 3 is 2.65 bits per heavy atom. The highest BCUT2D eigenvalue weighted by atomic mass is 79.9. The van der Waals surface area contributed by atoms with Gasteiger partial charge < -0.3 is 5.32 Å². The lowest BCUT2D eigenvalue weighted by Gasteiger charge is -2.15. The Hall–Kier alpha value is -1.32. The van der Waals surface area contributed by atoms with Crippen LogP contribution in [0.3, 0.4) is 0 Å². The van der Waals surface area contributed by atoms with Gasteiger partial charge in [-0.15, -0.1) is 11.3 Å². The number of anilines is 1. The Labute approximate surface area is 131 Å². The Kier molecular flexibility index (Phi) is 3.81. The standard InChI is InChI=1S/C17H16BrNS/c1-11-7-8-15(14(18)9-11)19-12(2)17-10-13-5-3-4-6-16(13)20-17/h3-10,12,19H,1-2H3. The molecule has 1 aromatic heterocycles. The summed E-state index contributed by atoms with van der Waals surface area (Å²) in [6.45, 7) is 4.31. The van der Waals surface area contributed by atoms with E-state index in [1.165, 1.54) is 20.5 Å². The average Bonchev–Trinajstić information content (AvgIpc) is 2.86. The summed E-state index contributed by atoms with van der Waals surface area (Å²) in [7, 11) is 0. The van der Waals surface area contributed by atoms with Crippen molar-refractivity contribution in [1.29, 1.82) is 0 Å². The smallest absolute Gasteiger partial charge is 0.0579 e. The van der Waals surface area contributed by atoms with Crippen molar-refractivity contribution >= 4 is 43.0 Å². The SMILES string of the molecule is Cc1ccc(NC(C)c2cc3ccccc3s2)c(Br)c1. The maximum atomic E-state index is 3.62. The van der Waals surface area contributed by atoms with Crippen molar-refractivity contribution in [3.8, 4) is 0 Å². The van der Waals surface area contributed by atoms with E-state index in [2.05, 4.69) is 83.6 Å². The Balaban J connectivity index is 1.86. The van der Waals surface area contributed by atoms with Crippen LogP contribution in [0.5, 0.6) is 0 Å². The molecule has 1 N–H and O–H groups in total. The predicted octanol–water partition coefficient (Wildman–Crippen LogP) is 6.15. The van der Waals surface area contributed by atoms with Crippen LogP contribution >= 0.6 is 27.3 Å². The highest BCUT2D eigenvalue weighted by molar-refractivity contribution is 9.10. The number of aryl methyl sites for hydroxylation is 1. The fourth-order valence-corrected chi connectivity index (χ4v) is 3.93. The minimum atomic E-state index is 0.298. The van der Waals surface area contributed by atoms with Crippen LogP contribution < -0.4 is 5.32 Å². The third-order valence-electron chi connectivity index (χ3n) is 3.37. The molecule has 20 heavy (non-hydrogen) atoms. The van der Waals surface area contributed by atoms with Gasteiger partial charge in [0.15, 0.2) is 0 Å². The lowest BCUT2D eigenvalue weighted by molar-refractivity contribution is 0.907. The summed E-state index contributed by atoms with van der Waals surface area (Å²) >= 11 is 5.48. The van der Waals surface area contributed by atoms with Crippen LogP contribution in [-0.2, 0) is 0 Å². The van der Waals surface area contributed by atoms with Gasteiger partial charge in [0.2, 0.25) is 0 Å². The van der Waals surface area contributed by atoms with E-state index in [9.17, 15) is 0 Å². The second-order valence-corrected chi connectivity index (χ2v) is 7.01. The molecule has 0 saturated carbocycles. The van der Waals surface area contributed by atoms with Crippen LogP contribution in [0.15, 0.2) is 53.0 Å². The molecule has 0 saturated heterocycles. The van der Waals surface area contributed by atoms with Crippen LogP contribution in [0.4, 0.5) is 5.69 Å². The maximum absolute atomic E-state index is 3.62. The molecule has 1 heterocycles. The quantitative estimate of drug-likeness (QED) is 0.600. The van der Waals surface area contributed by atoms with Crippen molar-refractivity contribution in [2.45, 2.75) is 19.9 Å². The fourth-order valence-electron chi connectivity index (χ4n) is 2.26. The molecule has 0 amide bonds. The van der Waals surface area contributed by atoms with Crippen LogP contribution in [-0.4, -0.2) is 0 Å². The second-order valence-electron chi connectivity index (χ2n) is 5.04. The first-order valence-corrected chi connectivity index (χ1v) is 8.25. The zero-order valence-electron chi connectivity index (χ0n) is 11.5. The minimum absolute atomic E-state index is 0.298. The molecule has 0 aliphatic rings. The molecule has 3 rings (SSSR count). The monoisotopic (exact) mass is 345 g/mol. The van der Waals surface area contributed by atoms with Gasteiger partial charge in [0.25, 0.3) is 0 Å². The zero-order chi connectivity index (χ0) is 14.1. The van der Waals surface area contributed by atoms with Gasteiger partial charge in [-0.05, 0) is 65.0 Å². The topological polar surface area (TPSA) is 12.0 Å². The third kappa shape index (κ3) is 2.74. The van der Waals surface area contributed by atoms with Gasteiger partial charge in [0, 0.05) is 19.7 Å². The van der Waals surface area contributed by atoms with Gasteiger partial charge in [-0.25, -0.2) is 0 Å². The molecule has 0 spiro atoms. The lowest BCUT2D eigenvalue weighted by Crippen LogP contribution is -2.05. The number of hydrogen-bond donors (Lipinski definition) is 1. The molecule has 0 radical (unpaired) electrons. The summed E-state index contributed by atoms with van der Waals surface area (Å²) in [6.07, 6.45) is 0. The number of fused-ring (bicyclic) bond motifs is 1. The number of benzene rings is 2. The summed E-state index contributed by atoms with van der Waals surface area (Å²) < 4.78 is 2.46. The minimum Gasteiger partial charge on any atom is -0.377 e. The van der Waals surface area contributed by atoms with Gasteiger partial charge in [0.05, 0.1) is 6.04 Å². The molecule has 0 fully saturated rings. The summed E-state index contributed by atoms with van der Waals surface area (Å²) in [5.41, 5.74) is 2.40. The first-order chi connectivity index (χ1) is 9.63. The van der Waals surface area contributed by atoms with Crippen molar-refractivity contribution in [1.82, 2.24) is 0 Å². The Morgan fingerprint density at radius 1 is 1.10 bits per heavy atom. The third-order valence-corrected chi connectivity index (χ3v) is 5.32. The second kappa shape index (κ2) is 5.58. The molecule has 3 aromatic rings. The highest BCUT2D eigenvalue weighted by Crippen LogP contribution is 2.33. The molecule has 1 nitrogen and oxygen atoms in total. The Bertz CT molecular complexity index is 715. The molecule has 102 valence electrons. The number of hydrogen-bond acceptors (Lipinski definition) is 2. The molecule has 1 unspecified atom stereocenters. The van der Waals surface area contributed by atoms with Gasteiger partial charge >= 0.3 is 0 Å². The van der Waals surface area contributed by atoms with E-state index >= 15 is 0 Å². The molecule has 0 aliphatic heterocycles. The van der Waals surface area contributed by atoms with Gasteiger partial charge in [-0.3, -0.25) is 0 Å². The Morgan fingerprint density at radius 2 is 1.90 bits per heavy atom. The molecular weight excluding hydrogens is 330 g/mol. The number of halogens is 1. The number of nitrogens with one attached hydrogen (secondary N) is 1. The molecule has 2 aromatic carbocycles. The number of thiophene rings is 1. The summed E-state index contributed by atoms with van der Waals surface area (Å²) in [5.74, 6) is 0. The van der Waals surface area contributed by atoms with E-state index in [1.807, 2.05) is 11.3 Å². The summed E-state index contributed by atoms with van der Waals surface area (Å²) in [5, 5.41) is 4.90. The number of rotatable bonds is 3. The van der Waals surface area contributed by atoms with Crippen molar-refractivity contribution in [3.05, 3.63) is 63.4 Å². The first-order valence-electron chi connectivity index (χ1n) is 6.64. The lowest BCUT2D eigenvalue weighted by atomic mass is 10.2. The van der Waals surface area contributed by atoms with Gasteiger partial charge in [0.1, 0.15) is 0 Å². The van der Waals surface area contributed by atoms with E-state index in [1.54, 1.807) is 0 Å². The van der Waals surface area contributed by atoms with E-state index < -0.39 is 0 Å². The van der Waals surface area contributed by atoms with Crippen LogP contribution in [0.1, 0.15) is 23.4 Å². The zero-order valence-corrected chi connectivity index (χ0v) is 13.9.